The highest BCUT2D eigenvalue weighted by molar-refractivity contribution is 7.92. The summed E-state index contributed by atoms with van der Waals surface area (Å²) in [7, 11) is -6.91. The molecule has 0 amide bonds. The van der Waals surface area contributed by atoms with Gasteiger partial charge in [0, 0.05) is 12.6 Å². The molecule has 1 aromatic rings. The van der Waals surface area contributed by atoms with Gasteiger partial charge in [-0.05, 0) is 58.0 Å². The summed E-state index contributed by atoms with van der Waals surface area (Å²) in [6.07, 6.45) is 1.06. The van der Waals surface area contributed by atoms with Crippen LogP contribution in [0.1, 0.15) is 37.8 Å². The number of hydrogen-bond donors (Lipinski definition) is 0. The number of rotatable bonds is 9. The largest absolute Gasteiger partial charge is 0.304 e. The van der Waals surface area contributed by atoms with Crippen LogP contribution in [0.5, 0.6) is 0 Å². The molecule has 0 saturated carbocycles. The van der Waals surface area contributed by atoms with Crippen molar-refractivity contribution >= 4 is 19.9 Å². The van der Waals surface area contributed by atoms with Gasteiger partial charge in [-0.3, -0.25) is 0 Å². The fourth-order valence-electron chi connectivity index (χ4n) is 3.71. The molecule has 1 aliphatic heterocycles. The quantitative estimate of drug-likeness (QED) is 0.617. The van der Waals surface area contributed by atoms with Crippen LogP contribution in [0.4, 0.5) is 0 Å². The van der Waals surface area contributed by atoms with Gasteiger partial charge in [0.15, 0.2) is 9.84 Å². The minimum Gasteiger partial charge on any atom is -0.304 e. The zero-order valence-corrected chi connectivity index (χ0v) is 18.4. The summed E-state index contributed by atoms with van der Waals surface area (Å²) < 4.78 is 52.2. The lowest BCUT2D eigenvalue weighted by Crippen LogP contribution is -2.42. The molecule has 0 N–H and O–H groups in total. The topological polar surface area (TPSA) is 74.8 Å². The van der Waals surface area contributed by atoms with Gasteiger partial charge >= 0.3 is 0 Å². The first-order chi connectivity index (χ1) is 12.6. The van der Waals surface area contributed by atoms with E-state index in [1.54, 1.807) is 19.1 Å². The van der Waals surface area contributed by atoms with Crippen molar-refractivity contribution in [2.75, 3.05) is 37.7 Å². The first-order valence-corrected chi connectivity index (χ1v) is 12.9. The summed E-state index contributed by atoms with van der Waals surface area (Å²) in [5.41, 5.74) is 1.70. The van der Waals surface area contributed by atoms with E-state index in [9.17, 15) is 16.8 Å². The third-order valence-electron chi connectivity index (χ3n) is 5.28. The van der Waals surface area contributed by atoms with E-state index < -0.39 is 25.9 Å². The lowest BCUT2D eigenvalue weighted by molar-refractivity contribution is 0.269. The first-order valence-electron chi connectivity index (χ1n) is 9.62. The maximum absolute atomic E-state index is 13.4. The van der Waals surface area contributed by atoms with Crippen LogP contribution in [-0.4, -0.2) is 69.8 Å². The fourth-order valence-corrected chi connectivity index (χ4v) is 7.43. The molecule has 0 spiro atoms. The van der Waals surface area contributed by atoms with Crippen LogP contribution in [-0.2, 0) is 19.9 Å². The van der Waals surface area contributed by atoms with Crippen molar-refractivity contribution in [3.05, 3.63) is 29.3 Å². The zero-order chi connectivity index (χ0) is 20.2. The van der Waals surface area contributed by atoms with Gasteiger partial charge in [0.1, 0.15) is 0 Å². The van der Waals surface area contributed by atoms with Crippen molar-refractivity contribution in [3.8, 4) is 0 Å². The molecular weight excluding hydrogens is 384 g/mol. The van der Waals surface area contributed by atoms with Crippen LogP contribution in [0.3, 0.4) is 0 Å². The molecule has 1 aliphatic rings. The van der Waals surface area contributed by atoms with Gasteiger partial charge in [0.2, 0.25) is 10.0 Å². The van der Waals surface area contributed by atoms with Crippen LogP contribution in [0, 0.1) is 13.8 Å². The van der Waals surface area contributed by atoms with Gasteiger partial charge in [0.05, 0.1) is 16.4 Å². The van der Waals surface area contributed by atoms with Crippen molar-refractivity contribution in [1.82, 2.24) is 9.21 Å². The van der Waals surface area contributed by atoms with Crippen LogP contribution in [0.15, 0.2) is 23.1 Å². The van der Waals surface area contributed by atoms with Crippen molar-refractivity contribution in [2.45, 2.75) is 51.5 Å². The normalized spacial score (nSPS) is 19.9. The third kappa shape index (κ3) is 5.53. The van der Waals surface area contributed by atoms with E-state index in [-0.39, 0.29) is 16.4 Å². The Morgan fingerprint density at radius 1 is 1.11 bits per heavy atom. The predicted molar refractivity (Wildman–Crippen MR) is 109 cm³/mol. The van der Waals surface area contributed by atoms with E-state index in [4.69, 9.17) is 0 Å². The highest BCUT2D eigenvalue weighted by atomic mass is 32.2. The Balaban J connectivity index is 2.30. The Hall–Kier alpha value is -0.960. The molecule has 2 rings (SSSR count). The smallest absolute Gasteiger partial charge is 0.243 e. The standard InChI is InChI=1S/C19H32N2O4S2/c1-5-20(6-2)11-7-12-21(18-10-13-26(22,23)15-18)27(24,25)19-9-8-16(3)14-17(19)4/h8-9,14,18H,5-7,10-13,15H2,1-4H3/t18-/m0/s1. The van der Waals surface area contributed by atoms with E-state index in [1.165, 1.54) is 4.31 Å². The van der Waals surface area contributed by atoms with Crippen LogP contribution < -0.4 is 0 Å². The SMILES string of the molecule is CCN(CC)CCCN([C@H]1CCS(=O)(=O)C1)S(=O)(=O)c1ccc(C)cc1C. The summed E-state index contributed by atoms with van der Waals surface area (Å²) in [4.78, 5) is 2.52. The van der Waals surface area contributed by atoms with E-state index in [0.29, 0.717) is 24.9 Å². The van der Waals surface area contributed by atoms with Gasteiger partial charge in [-0.15, -0.1) is 0 Å². The average Bonchev–Trinajstić information content (AvgIpc) is 2.94. The second kappa shape index (κ2) is 9.03. The molecule has 1 saturated heterocycles. The van der Waals surface area contributed by atoms with Crippen molar-refractivity contribution in [2.24, 2.45) is 0 Å². The molecule has 1 aromatic carbocycles. The van der Waals surface area contributed by atoms with Gasteiger partial charge in [-0.25, -0.2) is 16.8 Å². The second-order valence-electron chi connectivity index (χ2n) is 7.32. The lowest BCUT2D eigenvalue weighted by Gasteiger charge is -2.29. The van der Waals surface area contributed by atoms with E-state index in [2.05, 4.69) is 18.7 Å². The summed E-state index contributed by atoms with van der Waals surface area (Å²) in [6.45, 7) is 10.8. The molecule has 27 heavy (non-hydrogen) atoms. The molecule has 154 valence electrons. The van der Waals surface area contributed by atoms with E-state index >= 15 is 0 Å². The maximum Gasteiger partial charge on any atom is 0.243 e. The molecule has 1 atom stereocenters. The van der Waals surface area contributed by atoms with Crippen molar-refractivity contribution in [1.29, 1.82) is 0 Å². The molecule has 0 aromatic heterocycles. The van der Waals surface area contributed by atoms with Gasteiger partial charge in [0.25, 0.3) is 0 Å². The summed E-state index contributed by atoms with van der Waals surface area (Å²) in [5.74, 6) is -0.0188. The Bertz CT molecular complexity index is 846. The molecule has 1 heterocycles. The molecule has 0 bridgehead atoms. The third-order valence-corrected chi connectivity index (χ3v) is 9.14. The highest BCUT2D eigenvalue weighted by Crippen LogP contribution is 2.27. The molecule has 8 heteroatoms. The van der Waals surface area contributed by atoms with Crippen LogP contribution >= 0.6 is 0 Å². The zero-order valence-electron chi connectivity index (χ0n) is 16.8. The molecule has 0 radical (unpaired) electrons. The van der Waals surface area contributed by atoms with Crippen LogP contribution in [0.2, 0.25) is 0 Å². The van der Waals surface area contributed by atoms with Crippen molar-refractivity contribution < 1.29 is 16.8 Å². The van der Waals surface area contributed by atoms with E-state index in [0.717, 1.165) is 25.2 Å². The maximum atomic E-state index is 13.4. The van der Waals surface area contributed by atoms with E-state index in [1.807, 2.05) is 13.0 Å². The highest BCUT2D eigenvalue weighted by Gasteiger charge is 2.39. The molecular formula is C19H32N2O4S2. The van der Waals surface area contributed by atoms with Crippen LogP contribution in [0.25, 0.3) is 0 Å². The van der Waals surface area contributed by atoms with Gasteiger partial charge in [-0.1, -0.05) is 31.5 Å². The average molecular weight is 417 g/mol. The Morgan fingerprint density at radius 2 is 1.78 bits per heavy atom. The molecule has 1 fully saturated rings. The Morgan fingerprint density at radius 3 is 2.30 bits per heavy atom. The Labute approximate surface area is 164 Å². The first kappa shape index (κ1) is 22.3. The number of sulfonamides is 1. The number of aryl methyl sites for hydroxylation is 2. The summed E-state index contributed by atoms with van der Waals surface area (Å²) in [5, 5.41) is 0. The second-order valence-corrected chi connectivity index (χ2v) is 11.4. The number of hydrogen-bond acceptors (Lipinski definition) is 5. The molecule has 6 nitrogen and oxygen atoms in total. The summed E-state index contributed by atoms with van der Waals surface area (Å²) in [6, 6.07) is 4.81. The number of benzene rings is 1. The van der Waals surface area contributed by atoms with Crippen molar-refractivity contribution in [3.63, 3.8) is 0 Å². The fraction of sp³-hybridized carbons (Fsp3) is 0.684. The monoisotopic (exact) mass is 416 g/mol. The summed E-state index contributed by atoms with van der Waals surface area (Å²) >= 11 is 0. The minimum atomic E-state index is -3.74. The van der Waals surface area contributed by atoms with Gasteiger partial charge < -0.3 is 4.90 Å². The molecule has 0 aliphatic carbocycles. The predicted octanol–water partition coefficient (Wildman–Crippen LogP) is 2.21. The Kier molecular flexibility index (Phi) is 7.47. The van der Waals surface area contributed by atoms with Gasteiger partial charge in [-0.2, -0.15) is 4.31 Å². The number of nitrogens with zero attached hydrogens (tertiary/aromatic N) is 2. The lowest BCUT2D eigenvalue weighted by atomic mass is 10.2. The molecule has 0 unspecified atom stereocenters. The number of sulfone groups is 1. The minimum absolute atomic E-state index is 0.0621.